The molecule has 1 nitrogen and oxygen atoms in total. The zero-order valence-electron chi connectivity index (χ0n) is 11.0. The molecule has 0 radical (unpaired) electrons. The average Bonchev–Trinajstić information content (AvgIpc) is 2.78. The van der Waals surface area contributed by atoms with Crippen LogP contribution < -0.4 is 0 Å². The molecule has 2 fully saturated rings. The largest absolute Gasteiger partial charge is 0.392 e. The van der Waals surface area contributed by atoms with Gasteiger partial charge in [-0.15, -0.1) is 0 Å². The molecule has 0 spiro atoms. The van der Waals surface area contributed by atoms with Crippen molar-refractivity contribution in [3.8, 4) is 0 Å². The van der Waals surface area contributed by atoms with Crippen molar-refractivity contribution in [3.63, 3.8) is 0 Å². The van der Waals surface area contributed by atoms with Crippen molar-refractivity contribution in [1.82, 2.24) is 0 Å². The van der Waals surface area contributed by atoms with E-state index in [-0.39, 0.29) is 11.5 Å². The fourth-order valence-corrected chi connectivity index (χ4v) is 5.02. The first kappa shape index (κ1) is 10.8. The second-order valence-electron chi connectivity index (χ2n) is 7.05. The van der Waals surface area contributed by atoms with E-state index in [9.17, 15) is 5.11 Å². The second kappa shape index (κ2) is 2.93. The van der Waals surface area contributed by atoms with Crippen molar-refractivity contribution >= 4 is 0 Å². The normalized spacial score (nSPS) is 53.7. The van der Waals surface area contributed by atoms with Gasteiger partial charge < -0.3 is 5.11 Å². The molecule has 3 aliphatic rings. The van der Waals surface area contributed by atoms with Crippen LogP contribution in [0.5, 0.6) is 0 Å². The van der Waals surface area contributed by atoms with Crippen molar-refractivity contribution in [1.29, 1.82) is 0 Å². The van der Waals surface area contributed by atoms with E-state index in [1.165, 1.54) is 12.8 Å². The lowest BCUT2D eigenvalue weighted by molar-refractivity contribution is 0.0193. The zero-order chi connectivity index (χ0) is 11.7. The van der Waals surface area contributed by atoms with Gasteiger partial charge in [0.05, 0.1) is 6.10 Å². The van der Waals surface area contributed by atoms with Gasteiger partial charge >= 0.3 is 0 Å². The molecule has 0 aromatic rings. The first-order chi connectivity index (χ1) is 7.40. The Kier molecular flexibility index (Phi) is 1.98. The smallest absolute Gasteiger partial charge is 0.0608 e. The number of rotatable bonds is 0. The highest BCUT2D eigenvalue weighted by atomic mass is 16.3. The lowest BCUT2D eigenvalue weighted by Crippen LogP contribution is -2.43. The molecule has 0 aromatic carbocycles. The number of aliphatic hydroxyl groups is 1. The maximum Gasteiger partial charge on any atom is 0.0608 e. The average molecular weight is 220 g/mol. The number of fused-ring (bicyclic) bond motifs is 3. The molecule has 0 aromatic heterocycles. The molecule has 3 rings (SSSR count). The Morgan fingerprint density at radius 2 is 2.00 bits per heavy atom. The van der Waals surface area contributed by atoms with Crippen LogP contribution in [0, 0.1) is 28.6 Å². The summed E-state index contributed by atoms with van der Waals surface area (Å²) >= 11 is 0. The summed E-state index contributed by atoms with van der Waals surface area (Å²) in [5.74, 6) is 2.15. The lowest BCUT2D eigenvalue weighted by Gasteiger charge is -2.47. The van der Waals surface area contributed by atoms with Gasteiger partial charge in [0.15, 0.2) is 0 Å². The third-order valence-electron chi connectivity index (χ3n) is 6.24. The number of allylic oxidation sites excluding steroid dienone is 1. The van der Waals surface area contributed by atoms with Gasteiger partial charge in [0.2, 0.25) is 0 Å². The Morgan fingerprint density at radius 3 is 2.69 bits per heavy atom. The molecule has 16 heavy (non-hydrogen) atoms. The maximum atomic E-state index is 10.1. The van der Waals surface area contributed by atoms with Crippen molar-refractivity contribution in [2.24, 2.45) is 28.6 Å². The Labute approximate surface area is 98.9 Å². The van der Waals surface area contributed by atoms with Gasteiger partial charge in [-0.2, -0.15) is 0 Å². The predicted molar refractivity (Wildman–Crippen MR) is 66.0 cm³/mol. The Balaban J connectivity index is 2.04. The van der Waals surface area contributed by atoms with E-state index in [1.807, 2.05) is 0 Å². The van der Waals surface area contributed by atoms with Crippen LogP contribution in [-0.2, 0) is 0 Å². The number of hydrogen-bond donors (Lipinski definition) is 1. The summed E-state index contributed by atoms with van der Waals surface area (Å²) in [5, 5.41) is 10.1. The topological polar surface area (TPSA) is 20.2 Å². The summed E-state index contributed by atoms with van der Waals surface area (Å²) in [4.78, 5) is 0. The van der Waals surface area contributed by atoms with Crippen LogP contribution in [-0.4, -0.2) is 11.2 Å². The third-order valence-corrected chi connectivity index (χ3v) is 6.24. The molecule has 0 amide bonds. The van der Waals surface area contributed by atoms with Gasteiger partial charge in [0, 0.05) is 0 Å². The SMILES string of the molecule is C[C@H]1[C@@H](O)CC=C2CC[C@@H]3[C@@H](C3(C)C)[C@]21C. The van der Waals surface area contributed by atoms with Crippen LogP contribution >= 0.6 is 0 Å². The molecule has 0 saturated heterocycles. The van der Waals surface area contributed by atoms with E-state index in [2.05, 4.69) is 33.8 Å². The third kappa shape index (κ3) is 1.06. The van der Waals surface area contributed by atoms with E-state index in [0.29, 0.717) is 11.3 Å². The summed E-state index contributed by atoms with van der Waals surface area (Å²) in [6, 6.07) is 0. The zero-order valence-corrected chi connectivity index (χ0v) is 11.0. The van der Waals surface area contributed by atoms with Crippen molar-refractivity contribution < 1.29 is 5.11 Å². The van der Waals surface area contributed by atoms with Crippen LogP contribution in [0.1, 0.15) is 47.0 Å². The van der Waals surface area contributed by atoms with E-state index < -0.39 is 0 Å². The monoisotopic (exact) mass is 220 g/mol. The molecule has 0 bridgehead atoms. The summed E-state index contributed by atoms with van der Waals surface area (Å²) in [6.45, 7) is 9.51. The lowest BCUT2D eigenvalue weighted by atomic mass is 9.59. The highest BCUT2D eigenvalue weighted by molar-refractivity contribution is 5.32. The van der Waals surface area contributed by atoms with E-state index in [1.54, 1.807) is 5.57 Å². The van der Waals surface area contributed by atoms with Crippen LogP contribution in [0.3, 0.4) is 0 Å². The van der Waals surface area contributed by atoms with Crippen LogP contribution in [0.2, 0.25) is 0 Å². The minimum absolute atomic E-state index is 0.121. The van der Waals surface area contributed by atoms with E-state index >= 15 is 0 Å². The Hall–Kier alpha value is -0.300. The standard InChI is InChI=1S/C15H24O/c1-9-12(16)8-6-10-5-7-11-13(14(11,2)3)15(9,10)4/h6,9,11-13,16H,5,7-8H2,1-4H3/t9-,11+,12-,13-,15-/m0/s1. The fourth-order valence-electron chi connectivity index (χ4n) is 5.02. The molecule has 5 atom stereocenters. The molecule has 90 valence electrons. The highest BCUT2D eigenvalue weighted by Crippen LogP contribution is 2.74. The van der Waals surface area contributed by atoms with Crippen molar-refractivity contribution in [2.45, 2.75) is 53.1 Å². The minimum atomic E-state index is -0.121. The molecule has 3 aliphatic carbocycles. The predicted octanol–water partition coefficient (Wildman–Crippen LogP) is 3.39. The first-order valence-corrected chi connectivity index (χ1v) is 6.77. The Morgan fingerprint density at radius 1 is 1.31 bits per heavy atom. The molecular weight excluding hydrogens is 196 g/mol. The highest BCUT2D eigenvalue weighted by Gasteiger charge is 2.69. The van der Waals surface area contributed by atoms with Crippen molar-refractivity contribution in [2.75, 3.05) is 0 Å². The fraction of sp³-hybridized carbons (Fsp3) is 0.867. The van der Waals surface area contributed by atoms with Gasteiger partial charge in [-0.3, -0.25) is 0 Å². The molecular formula is C15H24O. The van der Waals surface area contributed by atoms with Gasteiger partial charge in [0.1, 0.15) is 0 Å². The summed E-state index contributed by atoms with van der Waals surface area (Å²) in [5.41, 5.74) is 2.44. The van der Waals surface area contributed by atoms with E-state index in [0.717, 1.165) is 18.3 Å². The molecule has 1 heteroatoms. The number of aliphatic hydroxyl groups excluding tert-OH is 1. The molecule has 2 saturated carbocycles. The van der Waals surface area contributed by atoms with E-state index in [4.69, 9.17) is 0 Å². The summed E-state index contributed by atoms with van der Waals surface area (Å²) in [6.07, 6.45) is 5.75. The van der Waals surface area contributed by atoms with Crippen LogP contribution in [0.25, 0.3) is 0 Å². The maximum absolute atomic E-state index is 10.1. The van der Waals surface area contributed by atoms with Crippen molar-refractivity contribution in [3.05, 3.63) is 11.6 Å². The van der Waals surface area contributed by atoms with Crippen LogP contribution in [0.15, 0.2) is 11.6 Å². The summed E-state index contributed by atoms with van der Waals surface area (Å²) in [7, 11) is 0. The molecule has 0 heterocycles. The van der Waals surface area contributed by atoms with Gasteiger partial charge in [0.25, 0.3) is 0 Å². The van der Waals surface area contributed by atoms with Crippen LogP contribution in [0.4, 0.5) is 0 Å². The molecule has 0 aliphatic heterocycles. The quantitative estimate of drug-likeness (QED) is 0.620. The van der Waals surface area contributed by atoms with Gasteiger partial charge in [-0.1, -0.05) is 39.3 Å². The summed E-state index contributed by atoms with van der Waals surface area (Å²) < 4.78 is 0. The first-order valence-electron chi connectivity index (χ1n) is 6.77. The molecule has 0 unspecified atom stereocenters. The Bertz CT molecular complexity index is 354. The van der Waals surface area contributed by atoms with Gasteiger partial charge in [-0.25, -0.2) is 0 Å². The minimum Gasteiger partial charge on any atom is -0.392 e. The molecule has 1 N–H and O–H groups in total. The van der Waals surface area contributed by atoms with Gasteiger partial charge in [-0.05, 0) is 47.8 Å². The second-order valence-corrected chi connectivity index (χ2v) is 7.05. The number of hydrogen-bond acceptors (Lipinski definition) is 1.